The van der Waals surface area contributed by atoms with E-state index < -0.39 is 0 Å². The molecule has 2 aromatic carbocycles. The first kappa shape index (κ1) is 17.6. The highest BCUT2D eigenvalue weighted by Crippen LogP contribution is 2.33. The molecule has 24 heavy (non-hydrogen) atoms. The first-order chi connectivity index (χ1) is 11.5. The molecule has 0 saturated heterocycles. The number of nitrogens with zero attached hydrogens (tertiary/aromatic N) is 2. The summed E-state index contributed by atoms with van der Waals surface area (Å²) in [7, 11) is 0. The Kier molecular flexibility index (Phi) is 5.38. The molecular weight excluding hydrogens is 388 g/mol. The van der Waals surface area contributed by atoms with Crippen molar-refractivity contribution in [2.75, 3.05) is 0 Å². The summed E-state index contributed by atoms with van der Waals surface area (Å²) in [5.41, 5.74) is 4.50. The second-order valence-electron chi connectivity index (χ2n) is 5.25. The van der Waals surface area contributed by atoms with Crippen molar-refractivity contribution in [3.05, 3.63) is 68.8 Å². The van der Waals surface area contributed by atoms with Gasteiger partial charge in [-0.15, -0.1) is 0 Å². The highest BCUT2D eigenvalue weighted by atomic mass is 35.5. The summed E-state index contributed by atoms with van der Waals surface area (Å²) in [4.78, 5) is 2.62. The summed E-state index contributed by atoms with van der Waals surface area (Å²) in [5.74, 6) is 0. The Hall–Kier alpha value is -1.23. The molecule has 0 saturated carbocycles. The molecular formula is C17H13Cl4N3. The summed E-state index contributed by atoms with van der Waals surface area (Å²) in [6.07, 6.45) is 0. The average Bonchev–Trinajstić information content (AvgIpc) is 2.85. The van der Waals surface area contributed by atoms with E-state index in [0.29, 0.717) is 21.6 Å². The zero-order valence-electron chi connectivity index (χ0n) is 12.7. The van der Waals surface area contributed by atoms with Gasteiger partial charge in [-0.05, 0) is 49.0 Å². The largest absolute Gasteiger partial charge is 0.231 e. The molecule has 1 N–H and O–H groups in total. The lowest BCUT2D eigenvalue weighted by Crippen LogP contribution is -2.03. The first-order valence-corrected chi connectivity index (χ1v) is 8.66. The zero-order valence-corrected chi connectivity index (χ0v) is 15.7. The zero-order chi connectivity index (χ0) is 17.3. The molecule has 3 rings (SSSR count). The fraction of sp³-hybridized carbons (Fsp3) is 0.118. The second-order valence-corrected chi connectivity index (χ2v) is 6.79. The Morgan fingerprint density at radius 2 is 1.67 bits per heavy atom. The number of rotatable bonds is 4. The lowest BCUT2D eigenvalue weighted by molar-refractivity contribution is 0.816. The third-order valence-electron chi connectivity index (χ3n) is 3.71. The van der Waals surface area contributed by atoms with Gasteiger partial charge in [0.05, 0.1) is 28.6 Å². The molecule has 0 spiro atoms. The normalized spacial score (nSPS) is 11.0. The standard InChI is InChI=1S/C17H13Cl4N3/c1-10-15(9-22-21)23-24(16-7-6-13(19)8-14(16)20)17(10)11-2-4-12(18)5-3-11/h2-8,22H,9H2,1H3. The molecule has 1 heterocycles. The fourth-order valence-corrected chi connectivity index (χ4v) is 3.29. The Balaban J connectivity index is 2.24. The van der Waals surface area contributed by atoms with Crippen molar-refractivity contribution in [2.24, 2.45) is 0 Å². The van der Waals surface area contributed by atoms with Crippen LogP contribution in [-0.2, 0) is 6.54 Å². The average molecular weight is 401 g/mol. The van der Waals surface area contributed by atoms with Crippen LogP contribution in [0.5, 0.6) is 0 Å². The highest BCUT2D eigenvalue weighted by molar-refractivity contribution is 6.35. The van der Waals surface area contributed by atoms with Crippen LogP contribution in [0.25, 0.3) is 16.9 Å². The van der Waals surface area contributed by atoms with Crippen molar-refractivity contribution < 1.29 is 0 Å². The maximum absolute atomic E-state index is 6.38. The van der Waals surface area contributed by atoms with Crippen LogP contribution < -0.4 is 4.84 Å². The van der Waals surface area contributed by atoms with Crippen molar-refractivity contribution in [1.82, 2.24) is 14.6 Å². The van der Waals surface area contributed by atoms with Gasteiger partial charge in [0.15, 0.2) is 0 Å². The van der Waals surface area contributed by atoms with Crippen molar-refractivity contribution in [3.63, 3.8) is 0 Å². The molecule has 0 fully saturated rings. The number of aromatic nitrogens is 2. The minimum Gasteiger partial charge on any atom is -0.231 e. The van der Waals surface area contributed by atoms with Crippen LogP contribution in [-0.4, -0.2) is 9.78 Å². The topological polar surface area (TPSA) is 29.9 Å². The van der Waals surface area contributed by atoms with Crippen molar-refractivity contribution in [2.45, 2.75) is 13.5 Å². The molecule has 0 amide bonds. The van der Waals surface area contributed by atoms with E-state index >= 15 is 0 Å². The molecule has 0 radical (unpaired) electrons. The monoisotopic (exact) mass is 399 g/mol. The van der Waals surface area contributed by atoms with Gasteiger partial charge in [0.25, 0.3) is 0 Å². The van der Waals surface area contributed by atoms with E-state index in [1.165, 1.54) is 0 Å². The summed E-state index contributed by atoms with van der Waals surface area (Å²) >= 11 is 24.1. The maximum atomic E-state index is 6.38. The third kappa shape index (κ3) is 3.41. The van der Waals surface area contributed by atoms with E-state index in [1.54, 1.807) is 16.8 Å². The number of hydrogen-bond acceptors (Lipinski definition) is 2. The van der Waals surface area contributed by atoms with Gasteiger partial charge in [-0.3, -0.25) is 0 Å². The van der Waals surface area contributed by atoms with Gasteiger partial charge in [-0.25, -0.2) is 9.52 Å². The van der Waals surface area contributed by atoms with Crippen LogP contribution in [0.1, 0.15) is 11.3 Å². The van der Waals surface area contributed by atoms with Gasteiger partial charge in [0.1, 0.15) is 0 Å². The molecule has 0 unspecified atom stereocenters. The van der Waals surface area contributed by atoms with Gasteiger partial charge in [-0.1, -0.05) is 46.9 Å². The van der Waals surface area contributed by atoms with Gasteiger partial charge in [0, 0.05) is 21.2 Å². The summed E-state index contributed by atoms with van der Waals surface area (Å²) < 4.78 is 1.81. The van der Waals surface area contributed by atoms with Crippen LogP contribution in [0.4, 0.5) is 0 Å². The minimum atomic E-state index is 0.437. The van der Waals surface area contributed by atoms with Crippen molar-refractivity contribution in [1.29, 1.82) is 0 Å². The predicted octanol–water partition coefficient (Wildman–Crippen LogP) is 6.05. The lowest BCUT2D eigenvalue weighted by atomic mass is 10.1. The number of benzene rings is 2. The van der Waals surface area contributed by atoms with Gasteiger partial charge in [0.2, 0.25) is 0 Å². The van der Waals surface area contributed by atoms with E-state index in [-0.39, 0.29) is 0 Å². The molecule has 124 valence electrons. The van der Waals surface area contributed by atoms with Crippen LogP contribution in [0.2, 0.25) is 15.1 Å². The molecule has 0 aliphatic heterocycles. The lowest BCUT2D eigenvalue weighted by Gasteiger charge is -2.11. The molecule has 0 bridgehead atoms. The van der Waals surface area contributed by atoms with Crippen LogP contribution in [0.15, 0.2) is 42.5 Å². The second kappa shape index (κ2) is 7.34. The van der Waals surface area contributed by atoms with Crippen molar-refractivity contribution in [3.8, 4) is 16.9 Å². The Morgan fingerprint density at radius 3 is 2.29 bits per heavy atom. The van der Waals surface area contributed by atoms with Gasteiger partial charge in [-0.2, -0.15) is 5.10 Å². The van der Waals surface area contributed by atoms with Crippen LogP contribution in [0.3, 0.4) is 0 Å². The summed E-state index contributed by atoms with van der Waals surface area (Å²) in [6, 6.07) is 12.9. The van der Waals surface area contributed by atoms with E-state index in [2.05, 4.69) is 9.93 Å². The summed E-state index contributed by atoms with van der Waals surface area (Å²) in [5, 5.41) is 6.44. The number of hydrogen-bond donors (Lipinski definition) is 1. The molecule has 1 aromatic heterocycles. The number of nitrogens with one attached hydrogen (secondary N) is 1. The molecule has 0 atom stereocenters. The van der Waals surface area contributed by atoms with Crippen molar-refractivity contribution >= 4 is 46.6 Å². The minimum absolute atomic E-state index is 0.437. The van der Waals surface area contributed by atoms with Gasteiger partial charge >= 0.3 is 0 Å². The Morgan fingerprint density at radius 1 is 1.00 bits per heavy atom. The molecule has 3 aromatic rings. The van der Waals surface area contributed by atoms with Crippen LogP contribution >= 0.6 is 46.6 Å². The van der Waals surface area contributed by atoms with Gasteiger partial charge < -0.3 is 0 Å². The highest BCUT2D eigenvalue weighted by Gasteiger charge is 2.18. The Bertz CT molecular complexity index is 872. The SMILES string of the molecule is Cc1c(CNCl)nn(-c2ccc(Cl)cc2Cl)c1-c1ccc(Cl)cc1. The van der Waals surface area contributed by atoms with E-state index in [0.717, 1.165) is 28.2 Å². The Labute approximate surface area is 160 Å². The quantitative estimate of drug-likeness (QED) is 0.540. The predicted molar refractivity (Wildman–Crippen MR) is 101 cm³/mol. The molecule has 3 nitrogen and oxygen atoms in total. The van der Waals surface area contributed by atoms with Crippen LogP contribution in [0, 0.1) is 6.92 Å². The van der Waals surface area contributed by atoms with E-state index in [9.17, 15) is 0 Å². The number of halogens is 4. The third-order valence-corrected chi connectivity index (χ3v) is 4.63. The maximum Gasteiger partial charge on any atom is 0.0840 e. The molecule has 7 heteroatoms. The molecule has 0 aliphatic rings. The smallest absolute Gasteiger partial charge is 0.0840 e. The van der Waals surface area contributed by atoms with E-state index in [1.807, 2.05) is 37.3 Å². The fourth-order valence-electron chi connectivity index (χ4n) is 2.55. The first-order valence-electron chi connectivity index (χ1n) is 7.14. The van der Waals surface area contributed by atoms with E-state index in [4.69, 9.17) is 46.6 Å². The molecule has 0 aliphatic carbocycles. The summed E-state index contributed by atoms with van der Waals surface area (Å²) in [6.45, 7) is 2.44.